The minimum absolute atomic E-state index is 0.0190. The van der Waals surface area contributed by atoms with Crippen LogP contribution in [0, 0.1) is 11.8 Å². The average Bonchev–Trinajstić information content (AvgIpc) is 3.30. The number of aliphatic imine (C=N–C) groups is 1. The van der Waals surface area contributed by atoms with Gasteiger partial charge in [-0.25, -0.2) is 4.99 Å². The molecule has 30 heavy (non-hydrogen) atoms. The van der Waals surface area contributed by atoms with Gasteiger partial charge in [-0.1, -0.05) is 5.16 Å². The summed E-state index contributed by atoms with van der Waals surface area (Å²) in [5.74, 6) is 0.442. The van der Waals surface area contributed by atoms with Gasteiger partial charge in [0, 0.05) is 11.9 Å². The third-order valence-corrected chi connectivity index (χ3v) is 7.79. The summed E-state index contributed by atoms with van der Waals surface area (Å²) >= 11 is 12.5. The van der Waals surface area contributed by atoms with Crippen molar-refractivity contribution in [3.8, 4) is 0 Å². The Hall–Kier alpha value is -0.680. The molecule has 11 heteroatoms. The van der Waals surface area contributed by atoms with Gasteiger partial charge < -0.3 is 30.2 Å². The second-order valence-electron chi connectivity index (χ2n) is 8.44. The Bertz CT molecular complexity index is 671. The van der Waals surface area contributed by atoms with Crippen LogP contribution in [0.25, 0.3) is 0 Å². The van der Waals surface area contributed by atoms with E-state index in [0.717, 1.165) is 6.42 Å². The van der Waals surface area contributed by atoms with Crippen molar-refractivity contribution in [1.29, 1.82) is 0 Å². The largest absolute Gasteiger partial charge is 0.395 e. The van der Waals surface area contributed by atoms with Crippen molar-refractivity contribution in [3.05, 3.63) is 0 Å². The molecular formula is C19H30Cl2N4O5. The number of likely N-dealkylation sites (tertiary alicyclic amines) is 1. The van der Waals surface area contributed by atoms with E-state index in [9.17, 15) is 15.3 Å². The van der Waals surface area contributed by atoms with Crippen LogP contribution in [-0.2, 0) is 9.57 Å². The van der Waals surface area contributed by atoms with E-state index in [1.165, 1.54) is 0 Å². The van der Waals surface area contributed by atoms with E-state index in [4.69, 9.17) is 32.8 Å². The van der Waals surface area contributed by atoms with Crippen LogP contribution in [-0.4, -0.2) is 93.1 Å². The lowest BCUT2D eigenvalue weighted by molar-refractivity contribution is -0.133. The summed E-state index contributed by atoms with van der Waals surface area (Å²) in [6, 6.07) is 0. The molecule has 10 atom stereocenters. The second-order valence-corrected chi connectivity index (χ2v) is 9.56. The van der Waals surface area contributed by atoms with Gasteiger partial charge in [0.1, 0.15) is 31.1 Å². The van der Waals surface area contributed by atoms with E-state index in [-0.39, 0.29) is 28.8 Å². The van der Waals surface area contributed by atoms with E-state index in [1.54, 1.807) is 6.34 Å². The lowest BCUT2D eigenvalue weighted by atomic mass is 9.81. The summed E-state index contributed by atoms with van der Waals surface area (Å²) in [5, 5.41) is 39.3. The van der Waals surface area contributed by atoms with Crippen molar-refractivity contribution in [2.45, 2.75) is 80.2 Å². The van der Waals surface area contributed by atoms with Crippen LogP contribution in [0.4, 0.5) is 0 Å². The molecule has 170 valence electrons. The van der Waals surface area contributed by atoms with E-state index in [0.29, 0.717) is 38.2 Å². The first-order valence-corrected chi connectivity index (χ1v) is 11.5. The molecule has 4 rings (SSSR count). The zero-order valence-electron chi connectivity index (χ0n) is 16.8. The number of nitrogens with zero attached hydrogens (tertiary/aromatic N) is 3. The maximum atomic E-state index is 10.9. The Morgan fingerprint density at radius 1 is 1.30 bits per heavy atom. The molecule has 5 unspecified atom stereocenters. The first-order valence-electron chi connectivity index (χ1n) is 10.6. The van der Waals surface area contributed by atoms with Crippen LogP contribution in [0.1, 0.15) is 32.6 Å². The molecule has 0 radical (unpaired) electrons. The number of rotatable bonds is 5. The highest BCUT2D eigenvalue weighted by atomic mass is 35.5. The average molecular weight is 465 g/mol. The smallest absolute Gasteiger partial charge is 0.175 e. The first kappa shape index (κ1) is 22.5. The third kappa shape index (κ3) is 4.18. The van der Waals surface area contributed by atoms with Crippen molar-refractivity contribution >= 4 is 35.4 Å². The summed E-state index contributed by atoms with van der Waals surface area (Å²) in [5.41, 5.74) is 0. The highest BCUT2D eigenvalue weighted by Crippen LogP contribution is 2.39. The number of hydrogen-bond donors (Lipinski definition) is 4. The minimum Gasteiger partial charge on any atom is -0.395 e. The van der Waals surface area contributed by atoms with Gasteiger partial charge in [0.2, 0.25) is 0 Å². The maximum Gasteiger partial charge on any atom is 0.175 e. The van der Waals surface area contributed by atoms with Crippen molar-refractivity contribution in [2.24, 2.45) is 22.0 Å². The molecule has 2 saturated heterocycles. The normalized spacial score (nSPS) is 46.6. The standard InChI is InChI=1S/C19H30Cl2N4O5/c1-2-29-24-17-10-5-6-25(18(10)23-8-22-17)19-15(28)14(27)16(30-19)13(26)9-3-4-11(20)12(21)7-9/h8-16,18-19,26-28H,2-7H2,1H3,(H,22,23,24)/t9?,10?,11?,12?,13-,14+,15-,16-,18?,19-/m1/s1. The van der Waals surface area contributed by atoms with E-state index < -0.39 is 30.6 Å². The summed E-state index contributed by atoms with van der Waals surface area (Å²) in [6.45, 7) is 2.93. The number of fused-ring (bicyclic) bond motifs is 1. The van der Waals surface area contributed by atoms with Crippen LogP contribution in [0.15, 0.2) is 10.1 Å². The molecule has 3 heterocycles. The molecule has 0 aromatic heterocycles. The molecule has 0 aromatic rings. The SMILES string of the molecule is CCO/N=C1/N=CNC2C1CCN2[C@@H]1O[C@H]([C@H](O)C2CCC(Cl)C(Cl)C2)[C@@H](O)[C@H]1O. The summed E-state index contributed by atoms with van der Waals surface area (Å²) in [4.78, 5) is 11.4. The maximum absolute atomic E-state index is 10.9. The Morgan fingerprint density at radius 2 is 2.10 bits per heavy atom. The Morgan fingerprint density at radius 3 is 2.83 bits per heavy atom. The van der Waals surface area contributed by atoms with E-state index >= 15 is 0 Å². The number of nitrogens with one attached hydrogen (secondary N) is 1. The monoisotopic (exact) mass is 464 g/mol. The summed E-state index contributed by atoms with van der Waals surface area (Å²) < 4.78 is 6.06. The topological polar surface area (TPSA) is 119 Å². The lowest BCUT2D eigenvalue weighted by Crippen LogP contribution is -2.55. The molecule has 1 aliphatic carbocycles. The van der Waals surface area contributed by atoms with Crippen LogP contribution in [0.3, 0.4) is 0 Å². The van der Waals surface area contributed by atoms with Crippen LogP contribution in [0.2, 0.25) is 0 Å². The van der Waals surface area contributed by atoms with Gasteiger partial charge in [-0.3, -0.25) is 4.90 Å². The number of halogens is 2. The molecule has 0 spiro atoms. The van der Waals surface area contributed by atoms with Gasteiger partial charge in [0.25, 0.3) is 0 Å². The van der Waals surface area contributed by atoms with E-state index in [2.05, 4.69) is 15.5 Å². The number of hydrogen-bond acceptors (Lipinski definition) is 8. The van der Waals surface area contributed by atoms with Crippen molar-refractivity contribution in [2.75, 3.05) is 13.2 Å². The van der Waals surface area contributed by atoms with Crippen LogP contribution in [0.5, 0.6) is 0 Å². The molecule has 0 aromatic carbocycles. The fourth-order valence-electron chi connectivity index (χ4n) is 5.01. The minimum atomic E-state index is -1.19. The fraction of sp³-hybridized carbons (Fsp3) is 0.895. The van der Waals surface area contributed by atoms with E-state index in [1.807, 2.05) is 11.8 Å². The number of amidine groups is 1. The van der Waals surface area contributed by atoms with Gasteiger partial charge in [-0.2, -0.15) is 0 Å². The predicted molar refractivity (Wildman–Crippen MR) is 113 cm³/mol. The van der Waals surface area contributed by atoms with Gasteiger partial charge in [-0.15, -0.1) is 23.2 Å². The molecule has 1 saturated carbocycles. The van der Waals surface area contributed by atoms with Gasteiger partial charge in [0.15, 0.2) is 5.84 Å². The fourth-order valence-corrected chi connectivity index (χ4v) is 5.59. The highest BCUT2D eigenvalue weighted by Gasteiger charge is 2.54. The van der Waals surface area contributed by atoms with Gasteiger partial charge in [-0.05, 0) is 38.5 Å². The summed E-state index contributed by atoms with van der Waals surface area (Å²) in [7, 11) is 0. The molecular weight excluding hydrogens is 435 g/mol. The molecule has 0 amide bonds. The number of aliphatic hydroxyl groups is 3. The van der Waals surface area contributed by atoms with Crippen LogP contribution >= 0.6 is 23.2 Å². The zero-order valence-corrected chi connectivity index (χ0v) is 18.4. The third-order valence-electron chi connectivity index (χ3n) is 6.65. The molecule has 4 aliphatic rings. The lowest BCUT2D eigenvalue weighted by Gasteiger charge is -2.36. The molecule has 9 nitrogen and oxygen atoms in total. The highest BCUT2D eigenvalue weighted by molar-refractivity contribution is 6.30. The molecule has 3 aliphatic heterocycles. The zero-order chi connectivity index (χ0) is 21.4. The molecule has 0 bridgehead atoms. The van der Waals surface area contributed by atoms with Crippen molar-refractivity contribution < 1.29 is 24.9 Å². The Kier molecular flexibility index (Phi) is 7.08. The van der Waals surface area contributed by atoms with Gasteiger partial charge >= 0.3 is 0 Å². The number of oxime groups is 1. The first-order chi connectivity index (χ1) is 14.4. The number of ether oxygens (including phenoxy) is 1. The van der Waals surface area contributed by atoms with Crippen molar-refractivity contribution in [3.63, 3.8) is 0 Å². The van der Waals surface area contributed by atoms with Crippen LogP contribution < -0.4 is 5.32 Å². The quantitative estimate of drug-likeness (QED) is 0.344. The summed E-state index contributed by atoms with van der Waals surface area (Å²) in [6.07, 6.45) is -0.832. The molecule has 4 N–H and O–H groups in total. The predicted octanol–water partition coefficient (Wildman–Crippen LogP) is 0.438. The number of alkyl halides is 2. The van der Waals surface area contributed by atoms with Gasteiger partial charge in [0.05, 0.1) is 29.9 Å². The Labute approximate surface area is 186 Å². The van der Waals surface area contributed by atoms with Crippen molar-refractivity contribution in [1.82, 2.24) is 10.2 Å². The molecule has 3 fully saturated rings. The number of aliphatic hydroxyl groups excluding tert-OH is 3. The second kappa shape index (κ2) is 9.44. The Balaban J connectivity index is 1.44.